The molecule has 10 heteroatoms. The van der Waals surface area contributed by atoms with Crippen LogP contribution in [-0.2, 0) is 14.3 Å². The highest BCUT2D eigenvalue weighted by Crippen LogP contribution is 2.42. The van der Waals surface area contributed by atoms with Gasteiger partial charge in [-0.2, -0.15) is 0 Å². The number of carboxylic acids is 1. The predicted octanol–water partition coefficient (Wildman–Crippen LogP) is 4.73. The van der Waals surface area contributed by atoms with E-state index in [0.29, 0.717) is 47.8 Å². The van der Waals surface area contributed by atoms with E-state index in [-0.39, 0.29) is 23.1 Å². The lowest BCUT2D eigenvalue weighted by Gasteiger charge is -2.34. The molecule has 33 heavy (non-hydrogen) atoms. The van der Waals surface area contributed by atoms with Gasteiger partial charge in [-0.15, -0.1) is 11.3 Å². The number of nitrogens with zero attached hydrogens (tertiary/aromatic N) is 2. The van der Waals surface area contributed by atoms with Crippen molar-refractivity contribution in [3.63, 3.8) is 0 Å². The van der Waals surface area contributed by atoms with Crippen LogP contribution < -0.4 is 5.32 Å². The molecule has 1 aromatic carbocycles. The van der Waals surface area contributed by atoms with Gasteiger partial charge in [-0.1, -0.05) is 23.7 Å². The van der Waals surface area contributed by atoms with Crippen LogP contribution in [-0.4, -0.2) is 34.5 Å². The first-order chi connectivity index (χ1) is 15.9. The molecule has 0 amide bonds. The molecule has 2 aliphatic rings. The van der Waals surface area contributed by atoms with Crippen molar-refractivity contribution in [2.75, 3.05) is 6.61 Å². The number of aromatic nitrogens is 1. The molecule has 2 heterocycles. The SMILES string of the molecule is CCOC(=O)C1=C(C2CCC(C(=O)O)CC2)NC(c2nccs2)=NC1c1cccc(F)c1Cl. The number of thiazole rings is 1. The van der Waals surface area contributed by atoms with Gasteiger partial charge in [0.25, 0.3) is 0 Å². The van der Waals surface area contributed by atoms with E-state index in [1.165, 1.54) is 23.5 Å². The van der Waals surface area contributed by atoms with E-state index < -0.39 is 29.7 Å². The largest absolute Gasteiger partial charge is 0.481 e. The van der Waals surface area contributed by atoms with Crippen LogP contribution in [0.5, 0.6) is 0 Å². The molecule has 1 atom stereocenters. The Morgan fingerprint density at radius 3 is 2.70 bits per heavy atom. The minimum atomic E-state index is -0.889. The maximum Gasteiger partial charge on any atom is 0.338 e. The highest BCUT2D eigenvalue weighted by Gasteiger charge is 2.38. The van der Waals surface area contributed by atoms with Crippen LogP contribution in [0.1, 0.15) is 49.2 Å². The van der Waals surface area contributed by atoms with Crippen molar-refractivity contribution in [1.82, 2.24) is 10.3 Å². The maximum absolute atomic E-state index is 14.4. The number of hydrogen-bond donors (Lipinski definition) is 2. The third-order valence-corrected chi connectivity index (χ3v) is 7.14. The van der Waals surface area contributed by atoms with Gasteiger partial charge in [0.1, 0.15) is 11.9 Å². The lowest BCUT2D eigenvalue weighted by atomic mass is 9.78. The third-order valence-electron chi connectivity index (χ3n) is 5.97. The molecule has 1 aromatic heterocycles. The van der Waals surface area contributed by atoms with Crippen LogP contribution in [0.4, 0.5) is 4.39 Å². The van der Waals surface area contributed by atoms with Gasteiger partial charge >= 0.3 is 11.9 Å². The highest BCUT2D eigenvalue weighted by molar-refractivity contribution is 7.11. The van der Waals surface area contributed by atoms with Crippen molar-refractivity contribution in [2.24, 2.45) is 16.8 Å². The van der Waals surface area contributed by atoms with E-state index >= 15 is 0 Å². The summed E-state index contributed by atoms with van der Waals surface area (Å²) < 4.78 is 19.7. The summed E-state index contributed by atoms with van der Waals surface area (Å²) in [6.07, 6.45) is 3.80. The van der Waals surface area contributed by atoms with Crippen molar-refractivity contribution < 1.29 is 23.8 Å². The second kappa shape index (κ2) is 10.0. The Kier molecular flexibility index (Phi) is 7.09. The van der Waals surface area contributed by atoms with E-state index in [4.69, 9.17) is 21.3 Å². The lowest BCUT2D eigenvalue weighted by Crippen LogP contribution is -2.38. The summed E-state index contributed by atoms with van der Waals surface area (Å²) in [5.74, 6) is -2.03. The Bertz CT molecular complexity index is 1110. The van der Waals surface area contributed by atoms with Gasteiger partial charge in [0, 0.05) is 22.8 Å². The number of rotatable bonds is 6. The van der Waals surface area contributed by atoms with E-state index in [9.17, 15) is 19.1 Å². The fourth-order valence-corrected chi connectivity index (χ4v) is 5.17. The first-order valence-electron chi connectivity index (χ1n) is 10.7. The maximum atomic E-state index is 14.4. The van der Waals surface area contributed by atoms with Crippen LogP contribution >= 0.6 is 22.9 Å². The fourth-order valence-electron chi connectivity index (χ4n) is 4.36. The zero-order chi connectivity index (χ0) is 23.5. The molecule has 0 saturated heterocycles. The zero-order valence-electron chi connectivity index (χ0n) is 17.9. The van der Waals surface area contributed by atoms with Gasteiger partial charge in [0.15, 0.2) is 10.8 Å². The summed E-state index contributed by atoms with van der Waals surface area (Å²) in [7, 11) is 0. The number of ether oxygens (including phenoxy) is 1. The third kappa shape index (κ3) is 4.79. The molecule has 1 fully saturated rings. The van der Waals surface area contributed by atoms with Crippen molar-refractivity contribution in [3.8, 4) is 0 Å². The van der Waals surface area contributed by atoms with Crippen LogP contribution in [0.2, 0.25) is 5.02 Å². The topological polar surface area (TPSA) is 101 Å². The number of hydrogen-bond acceptors (Lipinski definition) is 7. The Hall–Kier alpha value is -2.78. The molecule has 7 nitrogen and oxygen atoms in total. The lowest BCUT2D eigenvalue weighted by molar-refractivity contribution is -0.143. The van der Waals surface area contributed by atoms with Gasteiger partial charge in [-0.05, 0) is 44.6 Å². The van der Waals surface area contributed by atoms with E-state index in [2.05, 4.69) is 10.3 Å². The number of halogens is 2. The van der Waals surface area contributed by atoms with Gasteiger partial charge in [0.2, 0.25) is 0 Å². The minimum Gasteiger partial charge on any atom is -0.481 e. The summed E-state index contributed by atoms with van der Waals surface area (Å²) in [5, 5.41) is 15.0. The first kappa shape index (κ1) is 23.4. The summed E-state index contributed by atoms with van der Waals surface area (Å²) in [4.78, 5) is 33.6. The highest BCUT2D eigenvalue weighted by atomic mass is 35.5. The number of aliphatic carboxylic acids is 1. The quantitative estimate of drug-likeness (QED) is 0.566. The number of esters is 1. The average Bonchev–Trinajstić information content (AvgIpc) is 3.35. The smallest absolute Gasteiger partial charge is 0.338 e. The monoisotopic (exact) mass is 491 g/mol. The number of allylic oxidation sites excluding steroid dienone is 1. The van der Waals surface area contributed by atoms with Gasteiger partial charge in [0.05, 0.1) is 23.1 Å². The number of amidine groups is 1. The molecule has 2 N–H and O–H groups in total. The molecule has 2 aromatic rings. The molecule has 0 bridgehead atoms. The summed E-state index contributed by atoms with van der Waals surface area (Å²) >= 11 is 7.69. The fraction of sp³-hybridized carbons (Fsp3) is 0.391. The Morgan fingerprint density at radius 2 is 2.06 bits per heavy atom. The Morgan fingerprint density at radius 1 is 1.30 bits per heavy atom. The standard InChI is InChI=1S/C23H23ClFN3O4S/c1-2-32-23(31)16-18(12-6-8-13(9-7-12)22(29)30)27-20(21-26-10-11-33-21)28-19(16)14-4-3-5-15(25)17(14)24/h3-5,10-13,19H,2,6-9H2,1H3,(H,27,28)(H,29,30). The van der Waals surface area contributed by atoms with Crippen molar-refractivity contribution in [3.05, 3.63) is 62.5 Å². The minimum absolute atomic E-state index is 0.109. The number of aliphatic imine (C=N–C) groups is 1. The molecule has 0 radical (unpaired) electrons. The van der Waals surface area contributed by atoms with Gasteiger partial charge in [-0.3, -0.25) is 9.79 Å². The molecule has 1 unspecified atom stereocenters. The molecular weight excluding hydrogens is 469 g/mol. The summed E-state index contributed by atoms with van der Waals surface area (Å²) in [6.45, 7) is 1.87. The van der Waals surface area contributed by atoms with Crippen LogP contribution in [0.25, 0.3) is 0 Å². The predicted molar refractivity (Wildman–Crippen MR) is 123 cm³/mol. The van der Waals surface area contributed by atoms with Crippen LogP contribution in [0, 0.1) is 17.7 Å². The molecule has 1 saturated carbocycles. The molecule has 1 aliphatic heterocycles. The molecule has 4 rings (SSSR count). The van der Waals surface area contributed by atoms with Crippen molar-refractivity contribution in [1.29, 1.82) is 0 Å². The average molecular weight is 492 g/mol. The van der Waals surface area contributed by atoms with Crippen molar-refractivity contribution in [2.45, 2.75) is 38.6 Å². The van der Waals surface area contributed by atoms with Crippen LogP contribution in [0.15, 0.2) is 46.0 Å². The Labute approximate surface area is 199 Å². The number of benzene rings is 1. The number of carbonyl (C=O) groups excluding carboxylic acids is 1. The zero-order valence-corrected chi connectivity index (χ0v) is 19.5. The molecular formula is C23H23ClFN3O4S. The normalized spacial score (nSPS) is 23.0. The second-order valence-electron chi connectivity index (χ2n) is 7.92. The van der Waals surface area contributed by atoms with Gasteiger partial charge in [-0.25, -0.2) is 14.2 Å². The molecule has 174 valence electrons. The van der Waals surface area contributed by atoms with Gasteiger partial charge < -0.3 is 15.2 Å². The first-order valence-corrected chi connectivity index (χ1v) is 12.0. The molecule has 0 spiro atoms. The number of nitrogens with one attached hydrogen (secondary N) is 1. The summed E-state index contributed by atoms with van der Waals surface area (Å²) in [6, 6.07) is 3.53. The van der Waals surface area contributed by atoms with Crippen molar-refractivity contribution >= 4 is 40.7 Å². The van der Waals surface area contributed by atoms with E-state index in [1.807, 2.05) is 5.38 Å². The summed E-state index contributed by atoms with van der Waals surface area (Å²) in [5.41, 5.74) is 1.23. The second-order valence-corrected chi connectivity index (χ2v) is 9.19. The molecule has 1 aliphatic carbocycles. The van der Waals surface area contributed by atoms with E-state index in [0.717, 1.165) is 0 Å². The Balaban J connectivity index is 1.83. The van der Waals surface area contributed by atoms with E-state index in [1.54, 1.807) is 19.2 Å². The van der Waals surface area contributed by atoms with Crippen LogP contribution in [0.3, 0.4) is 0 Å². The number of carbonyl (C=O) groups is 2. The number of carboxylic acid groups (broad SMARTS) is 1.